The van der Waals surface area contributed by atoms with E-state index in [9.17, 15) is 4.79 Å². The maximum absolute atomic E-state index is 11.3. The van der Waals surface area contributed by atoms with Gasteiger partial charge in [-0.2, -0.15) is 4.98 Å². The number of rotatable bonds is 5. The van der Waals surface area contributed by atoms with E-state index in [1.54, 1.807) is 6.92 Å². The Morgan fingerprint density at radius 3 is 2.80 bits per heavy atom. The molecule has 0 fully saturated rings. The highest BCUT2D eigenvalue weighted by Crippen LogP contribution is 1.96. The second-order valence-corrected chi connectivity index (χ2v) is 3.57. The second-order valence-electron chi connectivity index (χ2n) is 3.57. The molecule has 1 heterocycles. The van der Waals surface area contributed by atoms with Crippen LogP contribution < -0.4 is 5.32 Å². The van der Waals surface area contributed by atoms with E-state index in [1.807, 2.05) is 19.0 Å². The second kappa shape index (κ2) is 5.45. The maximum atomic E-state index is 11.3. The number of amides is 1. The predicted octanol–water partition coefficient (Wildman–Crippen LogP) is -0.402. The number of likely N-dealkylation sites (N-methyl/N-ethyl adjacent to an activating group) is 1. The summed E-state index contributed by atoms with van der Waals surface area (Å²) in [5.74, 6) is 0.807. The Kier molecular flexibility index (Phi) is 4.23. The molecule has 0 unspecified atom stereocenters. The molecule has 0 aliphatic rings. The van der Waals surface area contributed by atoms with E-state index in [0.29, 0.717) is 18.3 Å². The molecule has 0 aromatic carbocycles. The van der Waals surface area contributed by atoms with E-state index in [-0.39, 0.29) is 12.3 Å². The lowest BCUT2D eigenvalue weighted by molar-refractivity contribution is -0.120. The quantitative estimate of drug-likeness (QED) is 0.719. The van der Waals surface area contributed by atoms with Gasteiger partial charge in [-0.25, -0.2) is 0 Å². The molecule has 1 N–H and O–H groups in total. The molecule has 15 heavy (non-hydrogen) atoms. The first-order chi connectivity index (χ1) is 7.08. The minimum Gasteiger partial charge on any atom is -0.354 e. The number of nitrogens with zero attached hydrogens (tertiary/aromatic N) is 3. The summed E-state index contributed by atoms with van der Waals surface area (Å²) in [5.41, 5.74) is 0. The third kappa shape index (κ3) is 4.55. The van der Waals surface area contributed by atoms with Crippen molar-refractivity contribution >= 4 is 5.91 Å². The van der Waals surface area contributed by atoms with Crippen LogP contribution in [0.1, 0.15) is 11.7 Å². The summed E-state index contributed by atoms with van der Waals surface area (Å²) in [4.78, 5) is 17.3. The SMILES string of the molecule is Cc1noc(CC(=O)NCCN(C)C)n1. The van der Waals surface area contributed by atoms with E-state index < -0.39 is 0 Å². The molecule has 6 heteroatoms. The Bertz CT molecular complexity index is 322. The number of aromatic nitrogens is 2. The van der Waals surface area contributed by atoms with Crippen LogP contribution in [0, 0.1) is 6.92 Å². The molecule has 1 rings (SSSR count). The summed E-state index contributed by atoms with van der Waals surface area (Å²) in [6.07, 6.45) is 0.147. The minimum atomic E-state index is -0.0968. The average Bonchev–Trinajstić information content (AvgIpc) is 2.50. The average molecular weight is 212 g/mol. The van der Waals surface area contributed by atoms with Gasteiger partial charge in [0, 0.05) is 13.1 Å². The van der Waals surface area contributed by atoms with E-state index in [0.717, 1.165) is 6.54 Å². The van der Waals surface area contributed by atoms with Crippen LogP contribution in [0.15, 0.2) is 4.52 Å². The normalized spacial score (nSPS) is 10.7. The molecule has 0 aliphatic heterocycles. The van der Waals surface area contributed by atoms with Gasteiger partial charge in [0.2, 0.25) is 11.8 Å². The molecular weight excluding hydrogens is 196 g/mol. The molecule has 1 aromatic rings. The van der Waals surface area contributed by atoms with Gasteiger partial charge in [-0.1, -0.05) is 5.16 Å². The van der Waals surface area contributed by atoms with Crippen molar-refractivity contribution in [2.75, 3.05) is 27.2 Å². The lowest BCUT2D eigenvalue weighted by atomic mass is 10.4. The first-order valence-electron chi connectivity index (χ1n) is 4.78. The van der Waals surface area contributed by atoms with Crippen LogP contribution in [0.5, 0.6) is 0 Å². The molecule has 0 atom stereocenters. The van der Waals surface area contributed by atoms with Gasteiger partial charge in [0.05, 0.1) is 0 Å². The van der Waals surface area contributed by atoms with Gasteiger partial charge >= 0.3 is 0 Å². The third-order valence-corrected chi connectivity index (χ3v) is 1.76. The smallest absolute Gasteiger partial charge is 0.236 e. The molecule has 0 bridgehead atoms. The zero-order valence-electron chi connectivity index (χ0n) is 9.28. The summed E-state index contributed by atoms with van der Waals surface area (Å²) in [7, 11) is 3.90. The number of hydrogen-bond donors (Lipinski definition) is 1. The topological polar surface area (TPSA) is 71.3 Å². The fourth-order valence-corrected chi connectivity index (χ4v) is 1.03. The molecule has 1 aromatic heterocycles. The van der Waals surface area contributed by atoms with E-state index in [4.69, 9.17) is 4.52 Å². The summed E-state index contributed by atoms with van der Waals surface area (Å²) < 4.78 is 4.83. The highest BCUT2D eigenvalue weighted by molar-refractivity contribution is 5.77. The summed E-state index contributed by atoms with van der Waals surface area (Å²) in [6, 6.07) is 0. The Morgan fingerprint density at radius 2 is 2.27 bits per heavy atom. The molecule has 0 saturated heterocycles. The fraction of sp³-hybridized carbons (Fsp3) is 0.667. The predicted molar refractivity (Wildman–Crippen MR) is 54.3 cm³/mol. The molecule has 0 spiro atoms. The van der Waals surface area contributed by atoms with Crippen LogP contribution >= 0.6 is 0 Å². The molecular formula is C9H16N4O2. The van der Waals surface area contributed by atoms with Crippen molar-refractivity contribution in [1.29, 1.82) is 0 Å². The highest BCUT2D eigenvalue weighted by atomic mass is 16.5. The lowest BCUT2D eigenvalue weighted by Gasteiger charge is -2.09. The van der Waals surface area contributed by atoms with Gasteiger partial charge in [-0.15, -0.1) is 0 Å². The Morgan fingerprint density at radius 1 is 1.53 bits per heavy atom. The van der Waals surface area contributed by atoms with Crippen LogP contribution in [-0.2, 0) is 11.2 Å². The van der Waals surface area contributed by atoms with Crippen molar-refractivity contribution < 1.29 is 9.32 Å². The van der Waals surface area contributed by atoms with Crippen LogP contribution in [0.25, 0.3) is 0 Å². The van der Waals surface area contributed by atoms with Gasteiger partial charge in [0.25, 0.3) is 0 Å². The molecule has 0 radical (unpaired) electrons. The van der Waals surface area contributed by atoms with Crippen molar-refractivity contribution in [2.45, 2.75) is 13.3 Å². The van der Waals surface area contributed by atoms with Crippen LogP contribution in [0.3, 0.4) is 0 Å². The van der Waals surface area contributed by atoms with Gasteiger partial charge < -0.3 is 14.7 Å². The van der Waals surface area contributed by atoms with Crippen LogP contribution in [0.4, 0.5) is 0 Å². The lowest BCUT2D eigenvalue weighted by Crippen LogP contribution is -2.32. The number of nitrogens with one attached hydrogen (secondary N) is 1. The summed E-state index contributed by atoms with van der Waals surface area (Å²) in [6.45, 7) is 3.16. The highest BCUT2D eigenvalue weighted by Gasteiger charge is 2.08. The van der Waals surface area contributed by atoms with Gasteiger partial charge in [0.15, 0.2) is 5.82 Å². The van der Waals surface area contributed by atoms with Gasteiger partial charge in [0.1, 0.15) is 6.42 Å². The Balaban J connectivity index is 2.24. The number of carbonyl (C=O) groups is 1. The first-order valence-corrected chi connectivity index (χ1v) is 4.78. The molecule has 0 aliphatic carbocycles. The van der Waals surface area contributed by atoms with E-state index in [1.165, 1.54) is 0 Å². The third-order valence-electron chi connectivity index (χ3n) is 1.76. The first kappa shape index (κ1) is 11.6. The number of carbonyl (C=O) groups excluding carboxylic acids is 1. The van der Waals surface area contributed by atoms with Crippen molar-refractivity contribution in [1.82, 2.24) is 20.4 Å². The van der Waals surface area contributed by atoms with Crippen molar-refractivity contribution in [2.24, 2.45) is 0 Å². The van der Waals surface area contributed by atoms with Gasteiger partial charge in [-0.3, -0.25) is 4.79 Å². The zero-order chi connectivity index (χ0) is 11.3. The molecule has 1 amide bonds. The van der Waals surface area contributed by atoms with Crippen molar-refractivity contribution in [3.63, 3.8) is 0 Å². The minimum absolute atomic E-state index is 0.0968. The zero-order valence-corrected chi connectivity index (χ0v) is 9.28. The number of aryl methyl sites for hydroxylation is 1. The van der Waals surface area contributed by atoms with Crippen molar-refractivity contribution in [3.8, 4) is 0 Å². The fourth-order valence-electron chi connectivity index (χ4n) is 1.03. The standard InChI is InChI=1S/C9H16N4O2/c1-7-11-9(15-12-7)6-8(14)10-4-5-13(2)3/h4-6H2,1-3H3,(H,10,14). The molecule has 6 nitrogen and oxygen atoms in total. The Labute approximate surface area is 88.6 Å². The van der Waals surface area contributed by atoms with E-state index >= 15 is 0 Å². The maximum Gasteiger partial charge on any atom is 0.236 e. The monoisotopic (exact) mass is 212 g/mol. The largest absolute Gasteiger partial charge is 0.354 e. The van der Waals surface area contributed by atoms with Crippen LogP contribution in [0.2, 0.25) is 0 Å². The van der Waals surface area contributed by atoms with Gasteiger partial charge in [-0.05, 0) is 21.0 Å². The summed E-state index contributed by atoms with van der Waals surface area (Å²) >= 11 is 0. The van der Waals surface area contributed by atoms with E-state index in [2.05, 4.69) is 15.5 Å². The number of hydrogen-bond acceptors (Lipinski definition) is 5. The van der Waals surface area contributed by atoms with Crippen molar-refractivity contribution in [3.05, 3.63) is 11.7 Å². The Hall–Kier alpha value is -1.43. The molecule has 0 saturated carbocycles. The molecule has 84 valence electrons. The summed E-state index contributed by atoms with van der Waals surface area (Å²) in [5, 5.41) is 6.37. The van der Waals surface area contributed by atoms with Crippen LogP contribution in [-0.4, -0.2) is 48.1 Å².